The molecule has 1 aromatic rings. The Hall–Kier alpha value is -1.89. The molecule has 0 aromatic carbocycles. The van der Waals surface area contributed by atoms with Crippen LogP contribution >= 0.6 is 0 Å². The van der Waals surface area contributed by atoms with Gasteiger partial charge >= 0.3 is 5.97 Å². The summed E-state index contributed by atoms with van der Waals surface area (Å²) in [6.45, 7) is 5.58. The Kier molecular flexibility index (Phi) is 4.39. The highest BCUT2D eigenvalue weighted by atomic mass is 16.5. The van der Waals surface area contributed by atoms with Gasteiger partial charge in [0.25, 0.3) is 0 Å². The molecular weight excluding hydrogens is 260 g/mol. The van der Waals surface area contributed by atoms with Crippen LogP contribution in [0.1, 0.15) is 30.7 Å². The van der Waals surface area contributed by atoms with Crippen molar-refractivity contribution in [1.29, 1.82) is 0 Å². The summed E-state index contributed by atoms with van der Waals surface area (Å²) < 4.78 is 6.56. The normalized spacial score (nSPS) is 14.8. The van der Waals surface area contributed by atoms with E-state index in [9.17, 15) is 9.59 Å². The van der Waals surface area contributed by atoms with E-state index in [2.05, 4.69) is 15.7 Å². The van der Waals surface area contributed by atoms with Crippen LogP contribution in [-0.2, 0) is 21.4 Å². The van der Waals surface area contributed by atoms with E-state index >= 15 is 0 Å². The van der Waals surface area contributed by atoms with Crippen LogP contribution in [0.4, 0.5) is 5.69 Å². The number of aromatic nitrogens is 2. The fourth-order valence-corrected chi connectivity index (χ4v) is 2.31. The van der Waals surface area contributed by atoms with Crippen molar-refractivity contribution in [2.75, 3.05) is 25.0 Å². The van der Waals surface area contributed by atoms with Crippen molar-refractivity contribution in [2.45, 2.75) is 26.2 Å². The Morgan fingerprint density at radius 3 is 2.75 bits per heavy atom. The number of carbonyl (C=O) groups excluding carboxylic acids is 2. The Balaban J connectivity index is 2.08. The van der Waals surface area contributed by atoms with E-state index in [1.165, 1.54) is 0 Å². The molecule has 1 fully saturated rings. The lowest BCUT2D eigenvalue weighted by Crippen LogP contribution is -2.41. The van der Waals surface area contributed by atoms with E-state index in [1.807, 2.05) is 14.0 Å². The average Bonchev–Trinajstić information content (AvgIpc) is 2.54. The smallest absolute Gasteiger partial charge is 0.315 e. The van der Waals surface area contributed by atoms with Gasteiger partial charge in [-0.25, -0.2) is 0 Å². The first-order chi connectivity index (χ1) is 9.52. The van der Waals surface area contributed by atoms with Gasteiger partial charge in [-0.05, 0) is 13.8 Å². The minimum Gasteiger partial charge on any atom is -0.466 e. The standard InChI is InChI=1S/C13H20N4O3/c1-4-20-11(19)5-10(18)15-12-8(2)16-17(3)13(12)9-6-14-7-9/h9,14H,4-7H2,1-3H3,(H,15,18). The summed E-state index contributed by atoms with van der Waals surface area (Å²) in [5, 5.41) is 10.3. The monoisotopic (exact) mass is 280 g/mol. The second-order valence-electron chi connectivity index (χ2n) is 4.85. The van der Waals surface area contributed by atoms with Gasteiger partial charge in [0.05, 0.1) is 23.7 Å². The number of rotatable bonds is 5. The van der Waals surface area contributed by atoms with Gasteiger partial charge in [0.2, 0.25) is 5.91 Å². The summed E-state index contributed by atoms with van der Waals surface area (Å²) in [6, 6.07) is 0. The lowest BCUT2D eigenvalue weighted by molar-refractivity contribution is -0.145. The molecule has 7 heteroatoms. The number of esters is 1. The third-order valence-corrected chi connectivity index (χ3v) is 3.31. The van der Waals surface area contributed by atoms with E-state index in [1.54, 1.807) is 11.6 Å². The molecule has 0 saturated carbocycles. The maximum atomic E-state index is 11.9. The van der Waals surface area contributed by atoms with E-state index < -0.39 is 5.97 Å². The van der Waals surface area contributed by atoms with Crippen molar-refractivity contribution >= 4 is 17.6 Å². The third-order valence-electron chi connectivity index (χ3n) is 3.31. The van der Waals surface area contributed by atoms with Crippen molar-refractivity contribution in [3.8, 4) is 0 Å². The van der Waals surface area contributed by atoms with Crippen LogP contribution in [0.25, 0.3) is 0 Å². The van der Waals surface area contributed by atoms with Gasteiger partial charge < -0.3 is 15.4 Å². The fraction of sp³-hybridized carbons (Fsp3) is 0.615. The molecule has 1 saturated heterocycles. The Morgan fingerprint density at radius 2 is 2.20 bits per heavy atom. The van der Waals surface area contributed by atoms with Gasteiger partial charge in [-0.3, -0.25) is 14.3 Å². The van der Waals surface area contributed by atoms with Gasteiger partial charge in [-0.1, -0.05) is 0 Å². The lowest BCUT2D eigenvalue weighted by Gasteiger charge is -2.28. The second-order valence-corrected chi connectivity index (χ2v) is 4.85. The number of aryl methyl sites for hydroxylation is 2. The SMILES string of the molecule is CCOC(=O)CC(=O)Nc1c(C)nn(C)c1C1CNC1. The first-order valence-corrected chi connectivity index (χ1v) is 6.72. The van der Waals surface area contributed by atoms with E-state index in [4.69, 9.17) is 4.74 Å². The number of hydrogen-bond donors (Lipinski definition) is 2. The molecule has 2 heterocycles. The van der Waals surface area contributed by atoms with Crippen LogP contribution < -0.4 is 10.6 Å². The van der Waals surface area contributed by atoms with E-state index in [-0.39, 0.29) is 18.9 Å². The molecule has 2 N–H and O–H groups in total. The van der Waals surface area contributed by atoms with Crippen LogP contribution in [0.15, 0.2) is 0 Å². The first kappa shape index (κ1) is 14.5. The molecule has 20 heavy (non-hydrogen) atoms. The largest absolute Gasteiger partial charge is 0.466 e. The molecule has 1 aliphatic heterocycles. The Bertz CT molecular complexity index is 520. The quantitative estimate of drug-likeness (QED) is 0.599. The van der Waals surface area contributed by atoms with Gasteiger partial charge in [0, 0.05) is 26.1 Å². The summed E-state index contributed by atoms with van der Waals surface area (Å²) in [6.07, 6.45) is -0.273. The molecule has 0 spiro atoms. The predicted octanol–water partition coefficient (Wildman–Crippen LogP) is 0.307. The molecule has 1 aromatic heterocycles. The zero-order valence-electron chi connectivity index (χ0n) is 12.0. The minimum absolute atomic E-state index is 0.273. The summed E-state index contributed by atoms with van der Waals surface area (Å²) in [4.78, 5) is 23.2. The Morgan fingerprint density at radius 1 is 1.50 bits per heavy atom. The summed E-state index contributed by atoms with van der Waals surface area (Å²) in [5.41, 5.74) is 2.47. The second kappa shape index (κ2) is 6.04. The van der Waals surface area contributed by atoms with Crippen molar-refractivity contribution in [2.24, 2.45) is 7.05 Å². The van der Waals surface area contributed by atoms with Gasteiger partial charge in [-0.15, -0.1) is 0 Å². The molecule has 1 amide bonds. The summed E-state index contributed by atoms with van der Waals surface area (Å²) >= 11 is 0. The first-order valence-electron chi connectivity index (χ1n) is 6.72. The van der Waals surface area contributed by atoms with Crippen LogP contribution in [0.3, 0.4) is 0 Å². The molecule has 0 atom stereocenters. The zero-order chi connectivity index (χ0) is 14.7. The highest BCUT2D eigenvalue weighted by Gasteiger charge is 2.28. The molecule has 0 aliphatic carbocycles. The summed E-state index contributed by atoms with van der Waals surface area (Å²) in [7, 11) is 1.86. The zero-order valence-corrected chi connectivity index (χ0v) is 12.0. The molecule has 0 bridgehead atoms. The number of ether oxygens (including phenoxy) is 1. The summed E-state index contributed by atoms with van der Waals surface area (Å²) in [5.74, 6) is -0.536. The van der Waals surface area contributed by atoms with Crippen molar-refractivity contribution in [3.05, 3.63) is 11.4 Å². The van der Waals surface area contributed by atoms with Crippen molar-refractivity contribution in [1.82, 2.24) is 15.1 Å². The molecule has 110 valence electrons. The molecular formula is C13H20N4O3. The van der Waals surface area contributed by atoms with Crippen LogP contribution in [0.5, 0.6) is 0 Å². The maximum Gasteiger partial charge on any atom is 0.315 e. The number of anilines is 1. The minimum atomic E-state index is -0.515. The van der Waals surface area contributed by atoms with Crippen molar-refractivity contribution in [3.63, 3.8) is 0 Å². The van der Waals surface area contributed by atoms with E-state index in [0.29, 0.717) is 11.6 Å². The molecule has 1 aliphatic rings. The number of hydrogen-bond acceptors (Lipinski definition) is 5. The third kappa shape index (κ3) is 2.98. The van der Waals surface area contributed by atoms with Crippen LogP contribution in [0, 0.1) is 6.92 Å². The number of nitrogens with one attached hydrogen (secondary N) is 2. The number of carbonyl (C=O) groups is 2. The topological polar surface area (TPSA) is 85.2 Å². The average molecular weight is 280 g/mol. The molecule has 0 radical (unpaired) electrons. The van der Waals surface area contributed by atoms with Crippen LogP contribution in [0.2, 0.25) is 0 Å². The predicted molar refractivity (Wildman–Crippen MR) is 73.4 cm³/mol. The maximum absolute atomic E-state index is 11.9. The van der Waals surface area contributed by atoms with Gasteiger partial charge in [-0.2, -0.15) is 5.10 Å². The Labute approximate surface area is 117 Å². The molecule has 2 rings (SSSR count). The molecule has 7 nitrogen and oxygen atoms in total. The van der Waals surface area contributed by atoms with E-state index in [0.717, 1.165) is 24.5 Å². The lowest BCUT2D eigenvalue weighted by atomic mass is 9.97. The fourth-order valence-electron chi connectivity index (χ4n) is 2.31. The van der Waals surface area contributed by atoms with Gasteiger partial charge in [0.15, 0.2) is 0 Å². The van der Waals surface area contributed by atoms with Gasteiger partial charge in [0.1, 0.15) is 6.42 Å². The van der Waals surface area contributed by atoms with Crippen molar-refractivity contribution < 1.29 is 14.3 Å². The number of amides is 1. The van der Waals surface area contributed by atoms with Crippen LogP contribution in [-0.4, -0.2) is 41.4 Å². The molecule has 0 unspecified atom stereocenters. The highest BCUT2D eigenvalue weighted by molar-refractivity contribution is 6.02. The highest BCUT2D eigenvalue weighted by Crippen LogP contribution is 2.29. The number of nitrogens with zero attached hydrogens (tertiary/aromatic N) is 2.